The van der Waals surface area contributed by atoms with Gasteiger partial charge >= 0.3 is 0 Å². The second-order valence-electron chi connectivity index (χ2n) is 7.56. The summed E-state index contributed by atoms with van der Waals surface area (Å²) < 4.78 is 7.06. The van der Waals surface area contributed by atoms with E-state index in [1.807, 2.05) is 34.7 Å². The van der Waals surface area contributed by atoms with Crippen molar-refractivity contribution >= 4 is 29.3 Å². The molecule has 1 aromatic carbocycles. The molecule has 2 heterocycles. The Morgan fingerprint density at radius 1 is 1.20 bits per heavy atom. The topological polar surface area (TPSA) is 50.6 Å². The highest BCUT2D eigenvalue weighted by molar-refractivity contribution is 6.31. The number of carbonyl (C=O) groups excluding carboxylic acids is 1. The molecule has 1 aliphatic rings. The summed E-state index contributed by atoms with van der Waals surface area (Å²) in [5.41, 5.74) is 2.83. The lowest BCUT2D eigenvalue weighted by atomic mass is 10.2. The first-order chi connectivity index (χ1) is 14.5. The molecule has 0 spiro atoms. The largest absolute Gasteiger partial charge is 0.497 e. The first-order valence-electron chi connectivity index (χ1n) is 10.6. The van der Waals surface area contributed by atoms with Gasteiger partial charge in [0.2, 0.25) is 5.91 Å². The monoisotopic (exact) mass is 430 g/mol. The Bertz CT molecular complexity index is 876. The molecule has 1 amide bonds. The van der Waals surface area contributed by atoms with Crippen LogP contribution in [0.5, 0.6) is 5.75 Å². The molecule has 30 heavy (non-hydrogen) atoms. The van der Waals surface area contributed by atoms with Gasteiger partial charge in [0, 0.05) is 50.1 Å². The minimum absolute atomic E-state index is 0.0170. The van der Waals surface area contributed by atoms with E-state index in [-0.39, 0.29) is 5.91 Å². The fourth-order valence-electron chi connectivity index (χ4n) is 3.66. The molecule has 0 radical (unpaired) electrons. The van der Waals surface area contributed by atoms with Crippen LogP contribution < -0.4 is 9.64 Å². The van der Waals surface area contributed by atoms with E-state index in [1.54, 1.807) is 13.2 Å². The average molecular weight is 431 g/mol. The number of amides is 1. The smallest absolute Gasteiger partial charge is 0.246 e. The number of aromatic nitrogens is 2. The molecular formula is C23H31ClN4O2. The highest BCUT2D eigenvalue weighted by atomic mass is 35.5. The van der Waals surface area contributed by atoms with Gasteiger partial charge in [-0.1, -0.05) is 24.9 Å². The van der Waals surface area contributed by atoms with E-state index in [0.29, 0.717) is 11.7 Å². The number of unbranched alkanes of at least 4 members (excludes halogenated alkanes) is 1. The number of benzene rings is 1. The molecule has 0 unspecified atom stereocenters. The van der Waals surface area contributed by atoms with Crippen LogP contribution in [0.3, 0.4) is 0 Å². The molecule has 3 rings (SSSR count). The molecule has 0 N–H and O–H groups in total. The van der Waals surface area contributed by atoms with Crippen molar-refractivity contribution in [1.82, 2.24) is 14.7 Å². The van der Waals surface area contributed by atoms with Crippen LogP contribution in [-0.4, -0.2) is 53.9 Å². The minimum atomic E-state index is 0.0170. The van der Waals surface area contributed by atoms with Gasteiger partial charge < -0.3 is 14.5 Å². The lowest BCUT2D eigenvalue weighted by molar-refractivity contribution is -0.125. The van der Waals surface area contributed by atoms with Crippen molar-refractivity contribution in [3.8, 4) is 5.75 Å². The lowest BCUT2D eigenvalue weighted by Crippen LogP contribution is -2.34. The number of carbonyl (C=O) groups is 1. The van der Waals surface area contributed by atoms with Gasteiger partial charge in [0.05, 0.1) is 12.8 Å². The third-order valence-electron chi connectivity index (χ3n) is 5.47. The average Bonchev–Trinajstić information content (AvgIpc) is 2.93. The second kappa shape index (κ2) is 10.5. The van der Waals surface area contributed by atoms with Crippen molar-refractivity contribution in [3.05, 3.63) is 46.8 Å². The Labute approximate surface area is 184 Å². The maximum atomic E-state index is 12.8. The molecular weight excluding hydrogens is 400 g/mol. The van der Waals surface area contributed by atoms with Crippen molar-refractivity contribution in [2.24, 2.45) is 0 Å². The summed E-state index contributed by atoms with van der Waals surface area (Å²) in [6.45, 7) is 8.04. The van der Waals surface area contributed by atoms with Crippen molar-refractivity contribution in [2.75, 3.05) is 38.2 Å². The quantitative estimate of drug-likeness (QED) is 0.610. The summed E-state index contributed by atoms with van der Waals surface area (Å²) >= 11 is 6.48. The Morgan fingerprint density at radius 2 is 1.97 bits per heavy atom. The Kier molecular flexibility index (Phi) is 7.80. The third-order valence-corrected chi connectivity index (χ3v) is 5.87. The van der Waals surface area contributed by atoms with E-state index in [2.05, 4.69) is 29.1 Å². The summed E-state index contributed by atoms with van der Waals surface area (Å²) in [5, 5.41) is 5.11. The van der Waals surface area contributed by atoms with Crippen LogP contribution in [-0.2, 0) is 11.3 Å². The molecule has 1 fully saturated rings. The Balaban J connectivity index is 1.61. The van der Waals surface area contributed by atoms with E-state index in [0.717, 1.165) is 68.1 Å². The first-order valence-corrected chi connectivity index (χ1v) is 11.0. The van der Waals surface area contributed by atoms with Crippen LogP contribution in [0.25, 0.3) is 6.08 Å². The number of ether oxygens (including phenoxy) is 1. The van der Waals surface area contributed by atoms with Gasteiger partial charge in [-0.3, -0.25) is 9.48 Å². The number of hydrogen-bond donors (Lipinski definition) is 0. The van der Waals surface area contributed by atoms with Crippen LogP contribution in [0.15, 0.2) is 30.3 Å². The normalized spacial score (nSPS) is 14.9. The van der Waals surface area contributed by atoms with Gasteiger partial charge in [-0.2, -0.15) is 5.10 Å². The molecule has 0 aliphatic carbocycles. The molecule has 0 bridgehead atoms. The summed E-state index contributed by atoms with van der Waals surface area (Å²) in [7, 11) is 1.67. The standard InChI is InChI=1S/C23H31ClN4O2/c1-4-5-15-28-23(24)21(18(2)25-28)11-12-22(29)27-14-6-13-26(16-17-27)19-7-9-20(30-3)10-8-19/h7-12H,4-6,13-17H2,1-3H3/b12-11+. The van der Waals surface area contributed by atoms with Gasteiger partial charge in [0.15, 0.2) is 0 Å². The van der Waals surface area contributed by atoms with Gasteiger partial charge in [-0.15, -0.1) is 0 Å². The van der Waals surface area contributed by atoms with Crippen LogP contribution in [0, 0.1) is 6.92 Å². The van der Waals surface area contributed by atoms with Crippen molar-refractivity contribution in [2.45, 2.75) is 39.7 Å². The maximum absolute atomic E-state index is 12.8. The SMILES string of the molecule is CCCCn1nc(C)c(/C=C/C(=O)N2CCCN(c3ccc(OC)cc3)CC2)c1Cl. The molecule has 162 valence electrons. The van der Waals surface area contributed by atoms with Crippen LogP contribution in [0.1, 0.15) is 37.4 Å². The van der Waals surface area contributed by atoms with Crippen LogP contribution in [0.2, 0.25) is 5.15 Å². The van der Waals surface area contributed by atoms with Crippen LogP contribution >= 0.6 is 11.6 Å². The molecule has 6 nitrogen and oxygen atoms in total. The number of halogens is 1. The minimum Gasteiger partial charge on any atom is -0.497 e. The number of rotatable bonds is 7. The summed E-state index contributed by atoms with van der Waals surface area (Å²) in [6, 6.07) is 8.08. The van der Waals surface area contributed by atoms with Gasteiger partial charge in [-0.25, -0.2) is 0 Å². The molecule has 0 saturated carbocycles. The zero-order valence-corrected chi connectivity index (χ0v) is 18.9. The van der Waals surface area contributed by atoms with Crippen molar-refractivity contribution in [3.63, 3.8) is 0 Å². The van der Waals surface area contributed by atoms with E-state index < -0.39 is 0 Å². The molecule has 7 heteroatoms. The van der Waals surface area contributed by atoms with Crippen molar-refractivity contribution < 1.29 is 9.53 Å². The van der Waals surface area contributed by atoms with E-state index >= 15 is 0 Å². The summed E-state index contributed by atoms with van der Waals surface area (Å²) in [5.74, 6) is 0.867. The molecule has 1 aliphatic heterocycles. The fraction of sp³-hybridized carbons (Fsp3) is 0.478. The summed E-state index contributed by atoms with van der Waals surface area (Å²) in [6.07, 6.45) is 6.48. The molecule has 1 aromatic heterocycles. The van der Waals surface area contributed by atoms with Crippen LogP contribution in [0.4, 0.5) is 5.69 Å². The predicted octanol–water partition coefficient (Wildman–Crippen LogP) is 4.41. The van der Waals surface area contributed by atoms with Crippen molar-refractivity contribution in [1.29, 1.82) is 0 Å². The van der Waals surface area contributed by atoms with E-state index in [9.17, 15) is 4.79 Å². The van der Waals surface area contributed by atoms with Gasteiger partial charge in [0.1, 0.15) is 10.9 Å². The summed E-state index contributed by atoms with van der Waals surface area (Å²) in [4.78, 5) is 17.0. The number of aryl methyl sites for hydroxylation is 2. The lowest BCUT2D eigenvalue weighted by Gasteiger charge is -2.23. The highest BCUT2D eigenvalue weighted by Gasteiger charge is 2.18. The highest BCUT2D eigenvalue weighted by Crippen LogP contribution is 2.23. The van der Waals surface area contributed by atoms with E-state index in [4.69, 9.17) is 16.3 Å². The Hall–Kier alpha value is -2.47. The molecule has 2 aromatic rings. The van der Waals surface area contributed by atoms with E-state index in [1.165, 1.54) is 0 Å². The second-order valence-corrected chi connectivity index (χ2v) is 7.92. The fourth-order valence-corrected chi connectivity index (χ4v) is 3.98. The Morgan fingerprint density at radius 3 is 2.67 bits per heavy atom. The first kappa shape index (κ1) is 22.2. The number of hydrogen-bond acceptors (Lipinski definition) is 4. The van der Waals surface area contributed by atoms with Gasteiger partial charge in [-0.05, 0) is 50.1 Å². The molecule has 0 atom stereocenters. The number of nitrogens with zero attached hydrogens (tertiary/aromatic N) is 4. The maximum Gasteiger partial charge on any atom is 0.246 e. The number of anilines is 1. The number of methoxy groups -OCH3 is 1. The zero-order valence-electron chi connectivity index (χ0n) is 18.1. The van der Waals surface area contributed by atoms with Gasteiger partial charge in [0.25, 0.3) is 0 Å². The zero-order chi connectivity index (χ0) is 21.5. The molecule has 1 saturated heterocycles. The third kappa shape index (κ3) is 5.36. The predicted molar refractivity (Wildman–Crippen MR) is 122 cm³/mol.